The summed E-state index contributed by atoms with van der Waals surface area (Å²) >= 11 is 11.7. The Hall–Kier alpha value is -5.23. The van der Waals surface area contributed by atoms with Crippen LogP contribution in [0.3, 0.4) is 0 Å². The fourth-order valence-electron chi connectivity index (χ4n) is 7.05. The summed E-state index contributed by atoms with van der Waals surface area (Å²) in [6.07, 6.45) is -9.21. The number of carboxylic acids is 1. The average Bonchev–Trinajstić information content (AvgIpc) is 3.21. The van der Waals surface area contributed by atoms with Crippen LogP contribution in [0.1, 0.15) is 91.4 Å². The van der Waals surface area contributed by atoms with Crippen molar-refractivity contribution in [2.75, 3.05) is 19.6 Å². The number of alkyl halides is 12. The molecule has 4 N–H and O–H groups in total. The fourth-order valence-corrected chi connectivity index (χ4v) is 7.54. The minimum atomic E-state index is -4.97. The van der Waals surface area contributed by atoms with E-state index >= 15 is 0 Å². The van der Waals surface area contributed by atoms with Crippen LogP contribution in [0.4, 0.5) is 57.5 Å². The zero-order valence-electron chi connectivity index (χ0n) is 35.9. The van der Waals surface area contributed by atoms with Crippen molar-refractivity contribution < 1.29 is 86.4 Å². The minimum Gasteiger partial charge on any atom is -0.477 e. The molecule has 0 spiro atoms. The summed E-state index contributed by atoms with van der Waals surface area (Å²) < 4.78 is 169. The zero-order valence-corrected chi connectivity index (χ0v) is 37.4. The van der Waals surface area contributed by atoms with Crippen LogP contribution in [0, 0.1) is 5.92 Å². The molecule has 2 aliphatic rings. The van der Waals surface area contributed by atoms with E-state index in [2.05, 4.69) is 24.8 Å². The van der Waals surface area contributed by atoms with Crippen molar-refractivity contribution in [3.63, 3.8) is 0 Å². The van der Waals surface area contributed by atoms with Crippen molar-refractivity contribution in [1.82, 2.24) is 20.2 Å². The van der Waals surface area contributed by atoms with Gasteiger partial charge in [0.25, 0.3) is 5.91 Å². The molecule has 12 nitrogen and oxygen atoms in total. The number of hydrogen-bond donors (Lipinski definition) is 3. The first kappa shape index (κ1) is 55.4. The molecule has 2 fully saturated rings. The number of piperidine rings is 1. The Morgan fingerprint density at radius 2 is 1.26 bits per heavy atom. The van der Waals surface area contributed by atoms with Gasteiger partial charge in [-0.15, -0.1) is 0 Å². The Kier molecular flexibility index (Phi) is 18.7. The number of amides is 2. The Bertz CT molecular complexity index is 2430. The maximum atomic E-state index is 13.5. The number of nitrogens with two attached hydrogens (primary N) is 1. The summed E-state index contributed by atoms with van der Waals surface area (Å²) in [5.74, 6) is -3.91. The molecular formula is C42H43Cl2F12N5O7. The van der Waals surface area contributed by atoms with E-state index in [0.717, 1.165) is 30.7 Å². The van der Waals surface area contributed by atoms with Gasteiger partial charge in [0.1, 0.15) is 40.8 Å². The predicted molar refractivity (Wildman–Crippen MR) is 223 cm³/mol. The third-order valence-corrected chi connectivity index (χ3v) is 10.6. The molecule has 1 saturated carbocycles. The summed E-state index contributed by atoms with van der Waals surface area (Å²) in [5.41, 5.74) is -0.269. The van der Waals surface area contributed by atoms with Gasteiger partial charge in [-0.2, -0.15) is 43.9 Å². The van der Waals surface area contributed by atoms with E-state index in [1.54, 1.807) is 4.90 Å². The quantitative estimate of drug-likeness (QED) is 0.137. The summed E-state index contributed by atoms with van der Waals surface area (Å²) in [7, 11) is 0. The minimum absolute atomic E-state index is 0.0755. The van der Waals surface area contributed by atoms with Gasteiger partial charge in [0, 0.05) is 36.8 Å². The fraction of sp³-hybridized carbons (Fsp3) is 0.500. The highest BCUT2D eigenvalue weighted by molar-refractivity contribution is 6.36. The van der Waals surface area contributed by atoms with E-state index in [0.29, 0.717) is 50.8 Å². The maximum absolute atomic E-state index is 13.5. The first-order valence-corrected chi connectivity index (χ1v) is 21.0. The average molecular weight is 1030 g/mol. The number of carbonyl (C=O) groups is 3. The topological polar surface area (TPSA) is 166 Å². The van der Waals surface area contributed by atoms with Crippen LogP contribution in [0.5, 0.6) is 11.5 Å². The van der Waals surface area contributed by atoms with Crippen molar-refractivity contribution in [3.8, 4) is 11.5 Å². The number of pyridine rings is 2. The van der Waals surface area contributed by atoms with Crippen LogP contribution in [-0.4, -0.2) is 94.8 Å². The van der Waals surface area contributed by atoms with Crippen LogP contribution in [0.2, 0.25) is 10.0 Å². The molecule has 68 heavy (non-hydrogen) atoms. The molecule has 6 rings (SSSR count). The highest BCUT2D eigenvalue weighted by atomic mass is 35.5. The molecule has 4 atom stereocenters. The number of nitrogens with one attached hydrogen (secondary N) is 1. The number of carbonyl (C=O) groups excluding carboxylic acids is 2. The van der Waals surface area contributed by atoms with E-state index in [4.69, 9.17) is 38.8 Å². The monoisotopic (exact) mass is 1030 g/mol. The van der Waals surface area contributed by atoms with Crippen molar-refractivity contribution in [2.24, 2.45) is 11.7 Å². The van der Waals surface area contributed by atoms with Crippen LogP contribution >= 0.6 is 23.2 Å². The molecule has 4 aromatic rings. The lowest BCUT2D eigenvalue weighted by molar-refractivity contribution is -0.137. The number of ether oxygens (including phenoxy) is 3. The number of aromatic carboxylic acids is 1. The van der Waals surface area contributed by atoms with Crippen molar-refractivity contribution >= 4 is 63.0 Å². The number of halogens is 14. The number of fused-ring (bicyclic) bond motifs is 2. The number of likely N-dealkylation sites (tertiary alicyclic amines) is 1. The van der Waals surface area contributed by atoms with E-state index in [-0.39, 0.29) is 51.6 Å². The zero-order chi connectivity index (χ0) is 51.1. The van der Waals surface area contributed by atoms with E-state index in [1.807, 2.05) is 20.8 Å². The van der Waals surface area contributed by atoms with E-state index in [9.17, 15) is 67.1 Å². The number of benzene rings is 2. The first-order chi connectivity index (χ1) is 31.5. The van der Waals surface area contributed by atoms with Crippen molar-refractivity contribution in [2.45, 2.75) is 109 Å². The van der Waals surface area contributed by atoms with Gasteiger partial charge in [0.05, 0.1) is 38.2 Å². The molecule has 1 aliphatic heterocycles. The van der Waals surface area contributed by atoms with Gasteiger partial charge in [-0.3, -0.25) is 4.79 Å². The number of carboxylic acid groups (broad SMARTS) is 1. The molecular weight excluding hydrogens is 985 g/mol. The summed E-state index contributed by atoms with van der Waals surface area (Å²) in [5, 5.41) is 10.1. The normalized spacial score (nSPS) is 18.9. The number of nitrogens with zero attached hydrogens (tertiary/aromatic N) is 3. The molecule has 376 valence electrons. The van der Waals surface area contributed by atoms with Crippen LogP contribution in [0.15, 0.2) is 36.4 Å². The second kappa shape index (κ2) is 22.9. The highest BCUT2D eigenvalue weighted by Crippen LogP contribution is 2.41. The molecule has 0 radical (unpaired) electrons. The number of rotatable bonds is 9. The molecule has 1 aliphatic carbocycles. The SMILES string of the molecule is CC(C)(C)OC(=O)N1CCC(F)CC1CN.O=C(NCC1CCCC(F)C1)c1cc(Cl)c2cc(OC(F)F)cc(C(F)(F)F)c2n1.O=C(O)c1cc(Cl)c2cc(OC(F)F)cc(C(F)(F)F)c2n1. The maximum Gasteiger partial charge on any atom is 0.418 e. The molecule has 2 aromatic heterocycles. The second-order valence-electron chi connectivity index (χ2n) is 16.3. The van der Waals surface area contributed by atoms with Gasteiger partial charge in [0.15, 0.2) is 0 Å². The Morgan fingerprint density at radius 1 is 0.779 bits per heavy atom. The first-order valence-electron chi connectivity index (χ1n) is 20.3. The Labute approximate surface area is 389 Å². The van der Waals surface area contributed by atoms with Gasteiger partial charge in [-0.25, -0.2) is 28.3 Å². The van der Waals surface area contributed by atoms with Crippen LogP contribution in [0.25, 0.3) is 21.8 Å². The standard InChI is InChI=1S/C19H17ClF6N2O2.C12H5ClF5NO3.C11H21FN2O2/c20-14-7-15(17(29)27-8-9-2-1-3-10(21)4-9)28-16-12(14)5-11(30-18(22)23)6-13(16)19(24,25)26;13-7-3-8(10(20)21)19-9-5(7)1-4(22-11(14)15)2-6(9)12(16,17)18;1-11(2,3)16-10(15)14-5-4-8(12)6-9(14)7-13/h5-7,9-10,18H,1-4,8H2,(H,27,29);1-3,11H,(H,20,21);8-9H,4-7,13H2,1-3H3. The van der Waals surface area contributed by atoms with Crippen molar-refractivity contribution in [3.05, 3.63) is 69.0 Å². The molecule has 2 amide bonds. The number of hydrogen-bond acceptors (Lipinski definition) is 9. The molecule has 2 aromatic carbocycles. The van der Waals surface area contributed by atoms with Crippen LogP contribution in [-0.2, 0) is 17.1 Å². The van der Waals surface area contributed by atoms with Crippen molar-refractivity contribution in [1.29, 1.82) is 0 Å². The summed E-state index contributed by atoms with van der Waals surface area (Å²) in [6, 6.07) is 4.04. The van der Waals surface area contributed by atoms with E-state index < -0.39 is 101 Å². The third kappa shape index (κ3) is 15.7. The molecule has 26 heteroatoms. The van der Waals surface area contributed by atoms with Gasteiger partial charge in [-0.1, -0.05) is 29.6 Å². The molecule has 4 unspecified atom stereocenters. The second-order valence-corrected chi connectivity index (χ2v) is 17.1. The molecule has 1 saturated heterocycles. The largest absolute Gasteiger partial charge is 0.477 e. The lowest BCUT2D eigenvalue weighted by Crippen LogP contribution is -2.51. The van der Waals surface area contributed by atoms with Gasteiger partial charge < -0.3 is 35.3 Å². The molecule has 0 bridgehead atoms. The summed E-state index contributed by atoms with van der Waals surface area (Å²) in [6.45, 7) is -0.409. The predicted octanol–water partition coefficient (Wildman–Crippen LogP) is 11.7. The highest BCUT2D eigenvalue weighted by Gasteiger charge is 2.37. The van der Waals surface area contributed by atoms with Gasteiger partial charge in [-0.05, 0) is 88.8 Å². The van der Waals surface area contributed by atoms with Gasteiger partial charge >= 0.3 is 37.6 Å². The lowest BCUT2D eigenvalue weighted by atomic mass is 9.88. The van der Waals surface area contributed by atoms with E-state index in [1.165, 1.54) is 0 Å². The Balaban J connectivity index is 0.000000234. The van der Waals surface area contributed by atoms with Crippen LogP contribution < -0.4 is 20.5 Å². The van der Waals surface area contributed by atoms with Gasteiger partial charge in [0.2, 0.25) is 0 Å². The molecule has 3 heterocycles. The smallest absolute Gasteiger partial charge is 0.418 e. The lowest BCUT2D eigenvalue weighted by Gasteiger charge is -2.37. The third-order valence-electron chi connectivity index (χ3n) is 10.0. The Morgan fingerprint density at radius 3 is 1.71 bits per heavy atom. The number of aromatic nitrogens is 2. The summed E-state index contributed by atoms with van der Waals surface area (Å²) in [4.78, 5) is 43.8.